The van der Waals surface area contributed by atoms with Crippen molar-refractivity contribution >= 4 is 34.5 Å². The molecule has 1 saturated carbocycles. The standard InChI is InChI=1S/C20H24ClN5O2/c1-9-4-12-6-15(28-19(12)23-7-9)16-17(21)25-20(22)26-18(16)24-14-5-13(8-27)10(2)11(14)3/h4,6-7,10-11,13-14,27H,5,8H2,1-3H3,(H3,22,24,25,26)/t10-,11+,13+,14+/m0/s1. The summed E-state index contributed by atoms with van der Waals surface area (Å²) in [6.07, 6.45) is 2.60. The molecular weight excluding hydrogens is 378 g/mol. The van der Waals surface area contributed by atoms with E-state index in [4.69, 9.17) is 21.8 Å². The molecule has 1 aliphatic carbocycles. The first kappa shape index (κ1) is 19.0. The molecule has 28 heavy (non-hydrogen) atoms. The largest absolute Gasteiger partial charge is 0.437 e. The molecular formula is C20H24ClN5O2. The highest BCUT2D eigenvalue weighted by Crippen LogP contribution is 2.41. The van der Waals surface area contributed by atoms with E-state index in [0.29, 0.717) is 34.7 Å². The minimum Gasteiger partial charge on any atom is -0.437 e. The summed E-state index contributed by atoms with van der Waals surface area (Å²) in [4.78, 5) is 12.8. The number of furan rings is 1. The number of rotatable bonds is 4. The van der Waals surface area contributed by atoms with Crippen LogP contribution in [0.1, 0.15) is 25.8 Å². The Morgan fingerprint density at radius 3 is 2.79 bits per heavy atom. The van der Waals surface area contributed by atoms with E-state index in [1.807, 2.05) is 19.1 Å². The van der Waals surface area contributed by atoms with Gasteiger partial charge in [-0.25, -0.2) is 9.97 Å². The molecule has 0 spiro atoms. The van der Waals surface area contributed by atoms with Crippen LogP contribution >= 0.6 is 11.6 Å². The molecule has 8 heteroatoms. The minimum atomic E-state index is 0.0961. The van der Waals surface area contributed by atoms with Crippen LogP contribution in [-0.2, 0) is 0 Å². The molecule has 1 fully saturated rings. The molecule has 0 aromatic carbocycles. The lowest BCUT2D eigenvalue weighted by molar-refractivity contribution is 0.191. The van der Waals surface area contributed by atoms with Gasteiger partial charge in [0.05, 0.1) is 5.56 Å². The van der Waals surface area contributed by atoms with Crippen molar-refractivity contribution in [3.8, 4) is 11.3 Å². The Bertz CT molecular complexity index is 1020. The zero-order chi connectivity index (χ0) is 20.0. The number of fused-ring (bicyclic) bond motifs is 1. The number of nitrogens with two attached hydrogens (primary N) is 1. The van der Waals surface area contributed by atoms with Crippen LogP contribution in [0.3, 0.4) is 0 Å². The van der Waals surface area contributed by atoms with Crippen molar-refractivity contribution in [3.63, 3.8) is 0 Å². The Labute approximate surface area is 168 Å². The van der Waals surface area contributed by atoms with Crippen LogP contribution in [-0.4, -0.2) is 32.7 Å². The Kier molecular flexibility index (Phi) is 4.89. The summed E-state index contributed by atoms with van der Waals surface area (Å²) in [5.41, 5.74) is 8.00. The SMILES string of the molecule is Cc1cnc2oc(-c3c(Cl)nc(N)nc3N[C@@H]3C[C@H](CO)[C@@H](C)[C@H]3C)cc2c1. The van der Waals surface area contributed by atoms with Crippen LogP contribution in [0.2, 0.25) is 5.15 Å². The van der Waals surface area contributed by atoms with Gasteiger partial charge in [-0.15, -0.1) is 0 Å². The Morgan fingerprint density at radius 2 is 2.07 bits per heavy atom. The van der Waals surface area contributed by atoms with Gasteiger partial charge in [0.2, 0.25) is 11.7 Å². The fraction of sp³-hybridized carbons (Fsp3) is 0.450. The molecule has 0 bridgehead atoms. The zero-order valence-electron chi connectivity index (χ0n) is 16.1. The molecule has 0 amide bonds. The molecule has 4 atom stereocenters. The number of aromatic nitrogens is 3. The predicted octanol–water partition coefficient (Wildman–Crippen LogP) is 3.89. The van der Waals surface area contributed by atoms with Gasteiger partial charge < -0.3 is 20.6 Å². The van der Waals surface area contributed by atoms with Gasteiger partial charge in [-0.2, -0.15) is 4.98 Å². The van der Waals surface area contributed by atoms with Crippen molar-refractivity contribution in [1.29, 1.82) is 0 Å². The van der Waals surface area contributed by atoms with E-state index in [9.17, 15) is 5.11 Å². The minimum absolute atomic E-state index is 0.0961. The number of aliphatic hydroxyl groups is 1. The quantitative estimate of drug-likeness (QED) is 0.568. The summed E-state index contributed by atoms with van der Waals surface area (Å²) in [7, 11) is 0. The van der Waals surface area contributed by atoms with Gasteiger partial charge in [0.15, 0.2) is 0 Å². The molecule has 3 aromatic heterocycles. The molecule has 3 heterocycles. The zero-order valence-corrected chi connectivity index (χ0v) is 16.9. The van der Waals surface area contributed by atoms with E-state index in [0.717, 1.165) is 17.4 Å². The second kappa shape index (κ2) is 7.22. The van der Waals surface area contributed by atoms with Crippen molar-refractivity contribution in [3.05, 3.63) is 29.0 Å². The maximum absolute atomic E-state index is 9.65. The second-order valence-electron chi connectivity index (χ2n) is 7.76. The molecule has 4 rings (SSSR count). The first-order valence-electron chi connectivity index (χ1n) is 9.44. The molecule has 0 saturated heterocycles. The highest BCUT2D eigenvalue weighted by molar-refractivity contribution is 6.32. The second-order valence-corrected chi connectivity index (χ2v) is 8.12. The van der Waals surface area contributed by atoms with Gasteiger partial charge in [-0.1, -0.05) is 25.4 Å². The van der Waals surface area contributed by atoms with Crippen LogP contribution in [0.5, 0.6) is 0 Å². The number of nitrogen functional groups attached to an aromatic ring is 1. The van der Waals surface area contributed by atoms with Crippen LogP contribution in [0.15, 0.2) is 22.7 Å². The Morgan fingerprint density at radius 1 is 1.29 bits per heavy atom. The molecule has 1 aliphatic rings. The van der Waals surface area contributed by atoms with E-state index < -0.39 is 0 Å². The molecule has 4 N–H and O–H groups in total. The first-order chi connectivity index (χ1) is 13.4. The monoisotopic (exact) mass is 401 g/mol. The fourth-order valence-corrected chi connectivity index (χ4v) is 4.37. The van der Waals surface area contributed by atoms with E-state index >= 15 is 0 Å². The van der Waals surface area contributed by atoms with Crippen molar-refractivity contribution in [2.24, 2.45) is 17.8 Å². The normalized spacial score (nSPS) is 24.8. The van der Waals surface area contributed by atoms with E-state index in [-0.39, 0.29) is 29.7 Å². The molecule has 148 valence electrons. The van der Waals surface area contributed by atoms with Crippen molar-refractivity contribution in [2.45, 2.75) is 33.2 Å². The van der Waals surface area contributed by atoms with Gasteiger partial charge in [0.1, 0.15) is 16.7 Å². The van der Waals surface area contributed by atoms with Crippen LogP contribution in [0.25, 0.3) is 22.4 Å². The number of aryl methyl sites for hydroxylation is 1. The third kappa shape index (κ3) is 3.29. The van der Waals surface area contributed by atoms with E-state index in [1.165, 1.54) is 0 Å². The highest BCUT2D eigenvalue weighted by Gasteiger charge is 2.38. The summed E-state index contributed by atoms with van der Waals surface area (Å²) >= 11 is 6.44. The number of hydrogen-bond donors (Lipinski definition) is 3. The third-order valence-electron chi connectivity index (χ3n) is 5.96. The number of nitrogens with zero attached hydrogens (tertiary/aromatic N) is 3. The molecule has 3 aromatic rings. The van der Waals surface area contributed by atoms with Gasteiger partial charge in [0.25, 0.3) is 0 Å². The summed E-state index contributed by atoms with van der Waals surface area (Å²) < 4.78 is 5.93. The summed E-state index contributed by atoms with van der Waals surface area (Å²) in [5.74, 6) is 2.19. The molecule has 0 aliphatic heterocycles. The highest BCUT2D eigenvalue weighted by atomic mass is 35.5. The van der Waals surface area contributed by atoms with Gasteiger partial charge in [-0.3, -0.25) is 0 Å². The van der Waals surface area contributed by atoms with E-state index in [2.05, 4.69) is 34.1 Å². The van der Waals surface area contributed by atoms with Crippen molar-refractivity contribution < 1.29 is 9.52 Å². The predicted molar refractivity (Wildman–Crippen MR) is 110 cm³/mol. The maximum atomic E-state index is 9.65. The third-order valence-corrected chi connectivity index (χ3v) is 6.23. The van der Waals surface area contributed by atoms with Crippen LogP contribution < -0.4 is 11.1 Å². The lowest BCUT2D eigenvalue weighted by Crippen LogP contribution is -2.25. The number of halogens is 1. The van der Waals surface area contributed by atoms with Crippen molar-refractivity contribution in [2.75, 3.05) is 17.7 Å². The maximum Gasteiger partial charge on any atom is 0.226 e. The Balaban J connectivity index is 1.75. The summed E-state index contributed by atoms with van der Waals surface area (Å²) in [5, 5.41) is 14.2. The summed E-state index contributed by atoms with van der Waals surface area (Å²) in [6, 6.07) is 4.03. The Hall–Kier alpha value is -2.38. The molecule has 0 radical (unpaired) electrons. The lowest BCUT2D eigenvalue weighted by atomic mass is 9.92. The topological polar surface area (TPSA) is 110 Å². The van der Waals surface area contributed by atoms with E-state index in [1.54, 1.807) is 6.20 Å². The van der Waals surface area contributed by atoms with Gasteiger partial charge in [-0.05, 0) is 48.8 Å². The van der Waals surface area contributed by atoms with Crippen LogP contribution in [0.4, 0.5) is 11.8 Å². The van der Waals surface area contributed by atoms with Gasteiger partial charge in [0, 0.05) is 24.2 Å². The van der Waals surface area contributed by atoms with Crippen molar-refractivity contribution in [1.82, 2.24) is 15.0 Å². The number of pyridine rings is 1. The fourth-order valence-electron chi connectivity index (χ4n) is 4.10. The van der Waals surface area contributed by atoms with Crippen LogP contribution in [0, 0.1) is 24.7 Å². The number of hydrogen-bond acceptors (Lipinski definition) is 7. The first-order valence-corrected chi connectivity index (χ1v) is 9.82. The average Bonchev–Trinajstić information content (AvgIpc) is 3.16. The number of anilines is 2. The average molecular weight is 402 g/mol. The van der Waals surface area contributed by atoms with Gasteiger partial charge >= 0.3 is 0 Å². The number of aliphatic hydroxyl groups excluding tert-OH is 1. The lowest BCUT2D eigenvalue weighted by Gasteiger charge is -2.21. The number of nitrogens with one attached hydrogen (secondary N) is 1. The molecule has 0 unspecified atom stereocenters. The smallest absolute Gasteiger partial charge is 0.226 e. The molecule has 7 nitrogen and oxygen atoms in total. The summed E-state index contributed by atoms with van der Waals surface area (Å²) in [6.45, 7) is 6.50.